The Labute approximate surface area is 127 Å². The van der Waals surface area contributed by atoms with Gasteiger partial charge in [-0.3, -0.25) is 9.48 Å². The lowest BCUT2D eigenvalue weighted by molar-refractivity contribution is -0.111. The molecular formula is C14H13Cl2N3O. The fraction of sp³-hybridized carbons (Fsp3) is 0.143. The lowest BCUT2D eigenvalue weighted by atomic mass is 10.2. The number of para-hydroxylation sites is 1. The minimum absolute atomic E-state index is 0.280. The number of hydrogen-bond donors (Lipinski definition) is 1. The predicted molar refractivity (Wildman–Crippen MR) is 82.1 cm³/mol. The van der Waals surface area contributed by atoms with Crippen LogP contribution in [0.15, 0.2) is 30.3 Å². The van der Waals surface area contributed by atoms with Crippen molar-refractivity contribution < 1.29 is 4.79 Å². The lowest BCUT2D eigenvalue weighted by Crippen LogP contribution is -2.07. The van der Waals surface area contributed by atoms with Gasteiger partial charge < -0.3 is 5.32 Å². The third kappa shape index (κ3) is 3.21. The molecule has 0 radical (unpaired) electrons. The molecule has 0 aliphatic carbocycles. The van der Waals surface area contributed by atoms with E-state index in [0.717, 1.165) is 11.3 Å². The van der Waals surface area contributed by atoms with Gasteiger partial charge in [-0.25, -0.2) is 0 Å². The Balaban J connectivity index is 2.12. The van der Waals surface area contributed by atoms with E-state index >= 15 is 0 Å². The second-order valence-corrected chi connectivity index (χ2v) is 4.98. The average Bonchev–Trinajstić information content (AvgIpc) is 2.64. The van der Waals surface area contributed by atoms with E-state index in [2.05, 4.69) is 10.4 Å². The molecule has 0 spiro atoms. The molecule has 6 heteroatoms. The number of halogens is 2. The van der Waals surface area contributed by atoms with Gasteiger partial charge in [0.25, 0.3) is 0 Å². The Morgan fingerprint density at radius 3 is 2.65 bits per heavy atom. The van der Waals surface area contributed by atoms with E-state index in [4.69, 9.17) is 23.2 Å². The Kier molecular flexibility index (Phi) is 4.47. The third-order valence-electron chi connectivity index (χ3n) is 2.73. The fourth-order valence-corrected chi connectivity index (χ4v) is 2.15. The van der Waals surface area contributed by atoms with Crippen molar-refractivity contribution in [1.29, 1.82) is 0 Å². The van der Waals surface area contributed by atoms with Gasteiger partial charge >= 0.3 is 0 Å². The van der Waals surface area contributed by atoms with Crippen LogP contribution < -0.4 is 5.32 Å². The molecule has 104 valence electrons. The number of aryl methyl sites for hydroxylation is 2. The van der Waals surface area contributed by atoms with Crippen LogP contribution in [0.25, 0.3) is 6.08 Å². The maximum Gasteiger partial charge on any atom is 0.248 e. The minimum Gasteiger partial charge on any atom is -0.321 e. The van der Waals surface area contributed by atoms with Crippen LogP contribution in [-0.4, -0.2) is 15.7 Å². The Morgan fingerprint density at radius 2 is 2.05 bits per heavy atom. The first kappa shape index (κ1) is 14.6. The third-order valence-corrected chi connectivity index (χ3v) is 3.51. The van der Waals surface area contributed by atoms with Crippen LogP contribution in [0.1, 0.15) is 11.3 Å². The number of rotatable bonds is 3. The summed E-state index contributed by atoms with van der Waals surface area (Å²) in [6, 6.07) is 7.04. The number of nitrogens with zero attached hydrogens (tertiary/aromatic N) is 2. The van der Waals surface area contributed by atoms with Crippen LogP contribution in [0, 0.1) is 6.92 Å². The molecule has 0 atom stereocenters. The Morgan fingerprint density at radius 1 is 1.35 bits per heavy atom. The van der Waals surface area contributed by atoms with E-state index in [1.165, 1.54) is 6.08 Å². The molecule has 1 amide bonds. The summed E-state index contributed by atoms with van der Waals surface area (Å²) in [4.78, 5) is 11.8. The SMILES string of the molecule is Cc1nn(C)c(Cl)c1/C=C/C(=O)Nc1ccccc1Cl. The predicted octanol–water partition coefficient (Wildman–Crippen LogP) is 3.69. The second kappa shape index (κ2) is 6.11. The van der Waals surface area contributed by atoms with Crippen molar-refractivity contribution in [1.82, 2.24) is 9.78 Å². The van der Waals surface area contributed by atoms with Gasteiger partial charge in [-0.2, -0.15) is 5.10 Å². The molecule has 0 fully saturated rings. The highest BCUT2D eigenvalue weighted by Crippen LogP contribution is 2.22. The summed E-state index contributed by atoms with van der Waals surface area (Å²) in [6.07, 6.45) is 3.04. The average molecular weight is 310 g/mol. The van der Waals surface area contributed by atoms with Crippen molar-refractivity contribution in [3.05, 3.63) is 51.8 Å². The van der Waals surface area contributed by atoms with Crippen LogP contribution >= 0.6 is 23.2 Å². The highest BCUT2D eigenvalue weighted by Gasteiger charge is 2.08. The highest BCUT2D eigenvalue weighted by molar-refractivity contribution is 6.34. The Hall–Kier alpha value is -1.78. The molecule has 0 bridgehead atoms. The minimum atomic E-state index is -0.280. The van der Waals surface area contributed by atoms with Crippen molar-refractivity contribution in [3.63, 3.8) is 0 Å². The van der Waals surface area contributed by atoms with Crippen LogP contribution in [0.2, 0.25) is 10.2 Å². The number of hydrogen-bond acceptors (Lipinski definition) is 2. The molecule has 2 aromatic rings. The van der Waals surface area contributed by atoms with Crippen LogP contribution in [0.4, 0.5) is 5.69 Å². The van der Waals surface area contributed by atoms with Gasteiger partial charge in [0.05, 0.1) is 16.4 Å². The van der Waals surface area contributed by atoms with Gasteiger partial charge in [0.1, 0.15) is 5.15 Å². The summed E-state index contributed by atoms with van der Waals surface area (Å²) >= 11 is 12.0. The number of nitrogens with one attached hydrogen (secondary N) is 1. The van der Waals surface area contributed by atoms with Gasteiger partial charge in [0.2, 0.25) is 5.91 Å². The fourth-order valence-electron chi connectivity index (χ4n) is 1.73. The van der Waals surface area contributed by atoms with E-state index < -0.39 is 0 Å². The molecular weight excluding hydrogens is 297 g/mol. The first-order chi connectivity index (χ1) is 9.49. The van der Waals surface area contributed by atoms with Crippen molar-refractivity contribution >= 4 is 40.9 Å². The van der Waals surface area contributed by atoms with Gasteiger partial charge in [0, 0.05) is 18.7 Å². The molecule has 0 aliphatic rings. The van der Waals surface area contributed by atoms with Gasteiger partial charge in [-0.15, -0.1) is 0 Å². The van der Waals surface area contributed by atoms with Gasteiger partial charge in [-0.05, 0) is 25.1 Å². The molecule has 1 aromatic carbocycles. The molecule has 0 saturated carbocycles. The summed E-state index contributed by atoms with van der Waals surface area (Å²) in [7, 11) is 1.75. The first-order valence-electron chi connectivity index (χ1n) is 5.91. The standard InChI is InChI=1S/C14H13Cl2N3O/c1-9-10(14(16)19(2)18-9)7-8-13(20)17-12-6-4-3-5-11(12)15/h3-8H,1-2H3,(H,17,20)/b8-7+. The topological polar surface area (TPSA) is 46.9 Å². The van der Waals surface area contributed by atoms with E-state index in [0.29, 0.717) is 15.9 Å². The molecule has 0 unspecified atom stereocenters. The summed E-state index contributed by atoms with van der Waals surface area (Å²) < 4.78 is 1.56. The molecule has 0 saturated heterocycles. The molecule has 1 aromatic heterocycles. The Bertz CT molecular complexity index is 677. The number of benzene rings is 1. The normalized spacial score (nSPS) is 11.0. The monoisotopic (exact) mass is 309 g/mol. The lowest BCUT2D eigenvalue weighted by Gasteiger charge is -2.03. The van der Waals surface area contributed by atoms with E-state index in [9.17, 15) is 4.79 Å². The summed E-state index contributed by atoms with van der Waals surface area (Å²) in [5.74, 6) is -0.280. The number of aromatic nitrogens is 2. The molecule has 1 N–H and O–H groups in total. The maximum absolute atomic E-state index is 11.8. The van der Waals surface area contributed by atoms with Crippen molar-refractivity contribution in [3.8, 4) is 0 Å². The highest BCUT2D eigenvalue weighted by atomic mass is 35.5. The number of amides is 1. The van der Waals surface area contributed by atoms with Crippen LogP contribution in [0.5, 0.6) is 0 Å². The second-order valence-electron chi connectivity index (χ2n) is 4.22. The van der Waals surface area contributed by atoms with Gasteiger partial charge in [-0.1, -0.05) is 35.3 Å². The molecule has 1 heterocycles. The smallest absolute Gasteiger partial charge is 0.248 e. The quantitative estimate of drug-likeness (QED) is 0.879. The molecule has 4 nitrogen and oxygen atoms in total. The number of carbonyl (C=O) groups excluding carboxylic acids is 1. The summed E-state index contributed by atoms with van der Waals surface area (Å²) in [6.45, 7) is 1.83. The number of anilines is 1. The van der Waals surface area contributed by atoms with Crippen LogP contribution in [0.3, 0.4) is 0 Å². The van der Waals surface area contributed by atoms with E-state index in [1.54, 1.807) is 42.1 Å². The van der Waals surface area contributed by atoms with Crippen molar-refractivity contribution in [2.24, 2.45) is 7.05 Å². The molecule has 2 rings (SSSR count). The number of carbonyl (C=O) groups is 1. The van der Waals surface area contributed by atoms with Crippen molar-refractivity contribution in [2.75, 3.05) is 5.32 Å². The first-order valence-corrected chi connectivity index (χ1v) is 6.67. The molecule has 20 heavy (non-hydrogen) atoms. The zero-order valence-electron chi connectivity index (χ0n) is 11.0. The van der Waals surface area contributed by atoms with Crippen LogP contribution in [-0.2, 0) is 11.8 Å². The van der Waals surface area contributed by atoms with E-state index in [-0.39, 0.29) is 5.91 Å². The zero-order valence-corrected chi connectivity index (χ0v) is 12.5. The summed E-state index contributed by atoms with van der Waals surface area (Å²) in [5.41, 5.74) is 2.06. The zero-order chi connectivity index (χ0) is 14.7. The van der Waals surface area contributed by atoms with E-state index in [1.807, 2.05) is 6.92 Å². The maximum atomic E-state index is 11.8. The van der Waals surface area contributed by atoms with Gasteiger partial charge in [0.15, 0.2) is 0 Å². The molecule has 0 aliphatic heterocycles. The van der Waals surface area contributed by atoms with Crippen molar-refractivity contribution in [2.45, 2.75) is 6.92 Å². The largest absolute Gasteiger partial charge is 0.321 e. The summed E-state index contributed by atoms with van der Waals surface area (Å²) in [5, 5.41) is 7.85.